The molecule has 0 heterocycles. The monoisotopic (exact) mass is 384 g/mol. The summed E-state index contributed by atoms with van der Waals surface area (Å²) in [7, 11) is 0. The summed E-state index contributed by atoms with van der Waals surface area (Å²) in [5.74, 6) is -0.383. The Morgan fingerprint density at radius 1 is 0.852 bits per heavy atom. The molecule has 2 unspecified atom stereocenters. The van der Waals surface area contributed by atoms with Crippen LogP contribution in [0.25, 0.3) is 0 Å². The molecule has 0 aromatic heterocycles. The van der Waals surface area contributed by atoms with E-state index in [1.54, 1.807) is 0 Å². The van der Waals surface area contributed by atoms with Crippen molar-refractivity contribution in [2.75, 3.05) is 13.1 Å². The van der Waals surface area contributed by atoms with Crippen LogP contribution >= 0.6 is 11.6 Å². The molecule has 2 N–H and O–H groups in total. The van der Waals surface area contributed by atoms with Crippen LogP contribution in [0, 0.1) is 11.8 Å². The molecule has 0 spiro atoms. The topological polar surface area (TPSA) is 58.2 Å². The number of hydrogen-bond acceptors (Lipinski definition) is 2. The van der Waals surface area contributed by atoms with Crippen molar-refractivity contribution in [1.29, 1.82) is 0 Å². The lowest BCUT2D eigenvalue weighted by Gasteiger charge is -2.07. The number of carbonyl (C=O) groups excluding carboxylic acids is 2. The van der Waals surface area contributed by atoms with Crippen LogP contribution < -0.4 is 10.6 Å². The van der Waals surface area contributed by atoms with Crippen molar-refractivity contribution in [2.24, 2.45) is 11.8 Å². The highest BCUT2D eigenvalue weighted by Crippen LogP contribution is 2.38. The molecule has 0 aliphatic heterocycles. The summed E-state index contributed by atoms with van der Waals surface area (Å²) in [5.41, 5.74) is 2.36. The molecule has 0 bridgehead atoms. The van der Waals surface area contributed by atoms with Gasteiger partial charge < -0.3 is 10.6 Å². The molecule has 2 amide bonds. The van der Waals surface area contributed by atoms with Gasteiger partial charge in [-0.1, -0.05) is 54.1 Å². The van der Waals surface area contributed by atoms with Crippen LogP contribution in [0.4, 0.5) is 0 Å². The Hall–Kier alpha value is -2.33. The lowest BCUT2D eigenvalue weighted by molar-refractivity contribution is -0.127. The van der Waals surface area contributed by atoms with Crippen molar-refractivity contribution in [3.8, 4) is 0 Å². The van der Waals surface area contributed by atoms with Gasteiger partial charge in [0.1, 0.15) is 0 Å². The Bertz CT molecular complexity index is 779. The third-order valence-corrected chi connectivity index (χ3v) is 5.09. The van der Waals surface area contributed by atoms with Crippen molar-refractivity contribution in [3.63, 3.8) is 0 Å². The minimum Gasteiger partial charge on any atom is -0.356 e. The zero-order valence-electron chi connectivity index (χ0n) is 15.3. The standard InChI is InChI=1S/C22H25ClN2O2/c23-18-10-4-8-17(14-18)11-13-25-22(27)20-15-19(20)21(26)24-12-5-9-16-6-2-1-3-7-16/h1-4,6-8,10,14,19-20H,5,9,11-13,15H2,(H,24,26)(H,25,27). The highest BCUT2D eigenvalue weighted by Gasteiger charge is 2.47. The zero-order chi connectivity index (χ0) is 19.1. The lowest BCUT2D eigenvalue weighted by atomic mass is 10.1. The average molecular weight is 385 g/mol. The first-order chi connectivity index (χ1) is 13.1. The molecular formula is C22H25ClN2O2. The van der Waals surface area contributed by atoms with Crippen molar-refractivity contribution < 1.29 is 9.59 Å². The molecule has 3 rings (SSSR count). The summed E-state index contributed by atoms with van der Waals surface area (Å²) in [6.45, 7) is 1.20. The summed E-state index contributed by atoms with van der Waals surface area (Å²) in [6.07, 6.45) is 3.22. The van der Waals surface area contributed by atoms with Crippen LogP contribution in [0.5, 0.6) is 0 Å². The normalized spacial score (nSPS) is 18.0. The highest BCUT2D eigenvalue weighted by atomic mass is 35.5. The lowest BCUT2D eigenvalue weighted by Crippen LogP contribution is -2.31. The number of rotatable bonds is 9. The highest BCUT2D eigenvalue weighted by molar-refractivity contribution is 6.30. The van der Waals surface area contributed by atoms with Crippen molar-refractivity contribution in [3.05, 3.63) is 70.7 Å². The maximum atomic E-state index is 12.2. The third-order valence-electron chi connectivity index (χ3n) is 4.85. The van der Waals surface area contributed by atoms with Gasteiger partial charge in [-0.25, -0.2) is 0 Å². The second-order valence-electron chi connectivity index (χ2n) is 7.00. The smallest absolute Gasteiger partial charge is 0.223 e. The molecule has 5 heteroatoms. The Morgan fingerprint density at radius 2 is 1.52 bits per heavy atom. The molecule has 1 fully saturated rings. The SMILES string of the molecule is O=C(NCCCc1ccccc1)C1CC1C(=O)NCCc1cccc(Cl)c1. The number of aryl methyl sites for hydroxylation is 1. The molecule has 0 radical (unpaired) electrons. The van der Waals surface area contributed by atoms with Crippen LogP contribution in [0.1, 0.15) is 24.0 Å². The van der Waals surface area contributed by atoms with Gasteiger partial charge in [-0.15, -0.1) is 0 Å². The van der Waals surface area contributed by atoms with E-state index in [1.807, 2.05) is 42.5 Å². The Labute approximate surface area is 165 Å². The fraction of sp³-hybridized carbons (Fsp3) is 0.364. The third kappa shape index (κ3) is 6.10. The molecule has 0 saturated heterocycles. The van der Waals surface area contributed by atoms with Crippen LogP contribution in [0.3, 0.4) is 0 Å². The minimum atomic E-state index is -0.182. The Balaban J connectivity index is 1.30. The fourth-order valence-corrected chi connectivity index (χ4v) is 3.42. The van der Waals surface area contributed by atoms with Crippen molar-refractivity contribution >= 4 is 23.4 Å². The van der Waals surface area contributed by atoms with E-state index < -0.39 is 0 Å². The second kappa shape index (κ2) is 9.56. The first-order valence-electron chi connectivity index (χ1n) is 9.47. The molecule has 4 nitrogen and oxygen atoms in total. The molecule has 1 aliphatic carbocycles. The first kappa shape index (κ1) is 19.4. The summed E-state index contributed by atoms with van der Waals surface area (Å²) in [5, 5.41) is 6.58. The first-order valence-corrected chi connectivity index (χ1v) is 9.85. The van der Waals surface area contributed by atoms with Gasteiger partial charge in [-0.3, -0.25) is 9.59 Å². The predicted octanol–water partition coefficient (Wildman–Crippen LogP) is 3.38. The van der Waals surface area contributed by atoms with Gasteiger partial charge in [0.25, 0.3) is 0 Å². The number of benzene rings is 2. The maximum Gasteiger partial charge on any atom is 0.223 e. The molecule has 142 valence electrons. The Kier molecular flexibility index (Phi) is 6.88. The summed E-state index contributed by atoms with van der Waals surface area (Å²) < 4.78 is 0. The molecule has 2 aromatic carbocycles. The van der Waals surface area contributed by atoms with Crippen molar-refractivity contribution in [1.82, 2.24) is 10.6 Å². The van der Waals surface area contributed by atoms with Gasteiger partial charge in [-0.2, -0.15) is 0 Å². The number of hydrogen-bond donors (Lipinski definition) is 2. The molecule has 27 heavy (non-hydrogen) atoms. The summed E-state index contributed by atoms with van der Waals surface area (Å²) in [6, 6.07) is 17.8. The maximum absolute atomic E-state index is 12.2. The number of amides is 2. The van der Waals surface area contributed by atoms with Gasteiger partial charge in [0.05, 0.1) is 11.8 Å². The van der Waals surface area contributed by atoms with Gasteiger partial charge in [0.2, 0.25) is 11.8 Å². The van der Waals surface area contributed by atoms with E-state index in [0.717, 1.165) is 24.8 Å². The number of halogens is 1. The van der Waals surface area contributed by atoms with Crippen LogP contribution in [-0.2, 0) is 22.4 Å². The quantitative estimate of drug-likeness (QED) is 0.651. The van der Waals surface area contributed by atoms with E-state index in [2.05, 4.69) is 22.8 Å². The van der Waals surface area contributed by atoms with E-state index in [4.69, 9.17) is 11.6 Å². The van der Waals surface area contributed by atoms with E-state index in [0.29, 0.717) is 24.5 Å². The summed E-state index contributed by atoms with van der Waals surface area (Å²) in [4.78, 5) is 24.3. The van der Waals surface area contributed by atoms with Gasteiger partial charge in [0.15, 0.2) is 0 Å². The molecule has 2 aromatic rings. The predicted molar refractivity (Wildman–Crippen MR) is 108 cm³/mol. The molecule has 2 atom stereocenters. The fourth-order valence-electron chi connectivity index (χ4n) is 3.21. The summed E-state index contributed by atoms with van der Waals surface area (Å²) >= 11 is 5.96. The van der Waals surface area contributed by atoms with E-state index in [9.17, 15) is 9.59 Å². The van der Waals surface area contributed by atoms with E-state index in [-0.39, 0.29) is 23.7 Å². The van der Waals surface area contributed by atoms with Crippen molar-refractivity contribution in [2.45, 2.75) is 25.7 Å². The van der Waals surface area contributed by atoms with E-state index >= 15 is 0 Å². The average Bonchev–Trinajstić information content (AvgIpc) is 3.47. The second-order valence-corrected chi connectivity index (χ2v) is 7.44. The molecule has 1 aliphatic rings. The Morgan fingerprint density at radius 3 is 2.22 bits per heavy atom. The van der Waals surface area contributed by atoms with Crippen LogP contribution in [0.15, 0.2) is 54.6 Å². The van der Waals surface area contributed by atoms with E-state index in [1.165, 1.54) is 5.56 Å². The van der Waals surface area contributed by atoms with Crippen LogP contribution in [0.2, 0.25) is 5.02 Å². The largest absolute Gasteiger partial charge is 0.356 e. The number of nitrogens with one attached hydrogen (secondary N) is 2. The minimum absolute atomic E-state index is 0.00180. The van der Waals surface area contributed by atoms with Gasteiger partial charge in [-0.05, 0) is 48.9 Å². The zero-order valence-corrected chi connectivity index (χ0v) is 16.0. The molecular weight excluding hydrogens is 360 g/mol. The number of carbonyl (C=O) groups is 2. The van der Waals surface area contributed by atoms with Gasteiger partial charge in [0, 0.05) is 18.1 Å². The van der Waals surface area contributed by atoms with Gasteiger partial charge >= 0.3 is 0 Å². The molecule has 1 saturated carbocycles. The van der Waals surface area contributed by atoms with Crippen LogP contribution in [-0.4, -0.2) is 24.9 Å².